The van der Waals surface area contributed by atoms with E-state index in [2.05, 4.69) is 5.32 Å². The van der Waals surface area contributed by atoms with Crippen LogP contribution in [0, 0.1) is 17.7 Å². The molecule has 2 aromatic rings. The quantitative estimate of drug-likeness (QED) is 0.674. The Morgan fingerprint density at radius 1 is 1.11 bits per heavy atom. The molecule has 0 aromatic heterocycles. The van der Waals surface area contributed by atoms with Gasteiger partial charge in [-0.05, 0) is 50.1 Å². The lowest BCUT2D eigenvalue weighted by atomic mass is 10.0. The minimum Gasteiger partial charge on any atom is -0.491 e. The van der Waals surface area contributed by atoms with E-state index in [9.17, 15) is 18.8 Å². The number of rotatable bonds is 4. The highest BCUT2D eigenvalue weighted by Crippen LogP contribution is 2.32. The summed E-state index contributed by atoms with van der Waals surface area (Å²) in [6.45, 7) is 4.41. The molecule has 1 heterocycles. The molecular weight excluding hydrogens is 477 g/mol. The van der Waals surface area contributed by atoms with Crippen LogP contribution in [-0.4, -0.2) is 73.5 Å². The number of fused-ring (bicyclic) bond motifs is 1. The first-order valence-electron chi connectivity index (χ1n) is 12.6. The zero-order chi connectivity index (χ0) is 26.7. The van der Waals surface area contributed by atoms with Gasteiger partial charge in [-0.25, -0.2) is 4.39 Å². The molecule has 4 rings (SSSR count). The van der Waals surface area contributed by atoms with Crippen molar-refractivity contribution in [3.63, 3.8) is 0 Å². The Bertz CT molecular complexity index is 1170. The van der Waals surface area contributed by atoms with Gasteiger partial charge in [0.05, 0.1) is 23.3 Å². The summed E-state index contributed by atoms with van der Waals surface area (Å²) in [7, 11) is 3.25. The number of benzene rings is 2. The van der Waals surface area contributed by atoms with Gasteiger partial charge in [0.15, 0.2) is 0 Å². The van der Waals surface area contributed by atoms with Gasteiger partial charge < -0.3 is 24.6 Å². The molecule has 0 bridgehead atoms. The molecule has 8 nitrogen and oxygen atoms in total. The number of carbonyl (C=O) groups is 3. The van der Waals surface area contributed by atoms with E-state index < -0.39 is 17.8 Å². The van der Waals surface area contributed by atoms with Gasteiger partial charge >= 0.3 is 0 Å². The van der Waals surface area contributed by atoms with Gasteiger partial charge in [-0.3, -0.25) is 14.4 Å². The summed E-state index contributed by atoms with van der Waals surface area (Å²) in [5.41, 5.74) is 0.818. The first-order chi connectivity index (χ1) is 17.7. The van der Waals surface area contributed by atoms with Crippen molar-refractivity contribution in [1.82, 2.24) is 9.80 Å². The number of likely N-dealkylation sites (N-methyl/N-ethyl adjacent to an activating group) is 1. The lowest BCUT2D eigenvalue weighted by Gasteiger charge is -2.36. The van der Waals surface area contributed by atoms with E-state index in [0.717, 1.165) is 12.8 Å². The maximum Gasteiger partial charge on any atom is 0.257 e. The fourth-order valence-electron chi connectivity index (χ4n) is 4.52. The number of nitrogens with zero attached hydrogens (tertiary/aromatic N) is 2. The molecule has 0 saturated heterocycles. The highest BCUT2D eigenvalue weighted by atomic mass is 19.1. The summed E-state index contributed by atoms with van der Waals surface area (Å²) in [5, 5.41) is 2.88. The molecule has 1 N–H and O–H groups in total. The van der Waals surface area contributed by atoms with Crippen LogP contribution in [0.1, 0.15) is 47.4 Å². The van der Waals surface area contributed by atoms with E-state index in [1.54, 1.807) is 54.3 Å². The van der Waals surface area contributed by atoms with Crippen LogP contribution in [0.2, 0.25) is 0 Å². The normalized spacial score (nSPS) is 22.8. The van der Waals surface area contributed by atoms with E-state index in [4.69, 9.17) is 9.47 Å². The Hall–Kier alpha value is -3.46. The summed E-state index contributed by atoms with van der Waals surface area (Å²) < 4.78 is 26.3. The van der Waals surface area contributed by atoms with Crippen LogP contribution in [-0.2, 0) is 9.53 Å². The highest BCUT2D eigenvalue weighted by molar-refractivity contribution is 6.00. The lowest BCUT2D eigenvalue weighted by Crippen LogP contribution is -2.48. The summed E-state index contributed by atoms with van der Waals surface area (Å²) in [4.78, 5) is 42.3. The zero-order valence-electron chi connectivity index (χ0n) is 21.7. The van der Waals surface area contributed by atoms with Crippen LogP contribution in [0.4, 0.5) is 10.1 Å². The Morgan fingerprint density at radius 3 is 2.51 bits per heavy atom. The fourth-order valence-corrected chi connectivity index (χ4v) is 4.52. The van der Waals surface area contributed by atoms with Crippen molar-refractivity contribution in [3.05, 3.63) is 59.4 Å². The third-order valence-electron chi connectivity index (χ3n) is 7.03. The number of halogens is 1. The molecule has 198 valence electrons. The summed E-state index contributed by atoms with van der Waals surface area (Å²) in [6.07, 6.45) is 1.37. The lowest BCUT2D eigenvalue weighted by molar-refractivity contribution is -0.117. The number of carbonyl (C=O) groups excluding carboxylic acids is 3. The van der Waals surface area contributed by atoms with Crippen LogP contribution >= 0.6 is 0 Å². The molecule has 3 atom stereocenters. The molecule has 2 aliphatic rings. The Balaban J connectivity index is 1.66. The predicted octanol–water partition coefficient (Wildman–Crippen LogP) is 3.82. The molecule has 0 unspecified atom stereocenters. The second kappa shape index (κ2) is 11.3. The van der Waals surface area contributed by atoms with Gasteiger partial charge in [0, 0.05) is 44.8 Å². The number of hydrogen-bond donors (Lipinski definition) is 1. The average molecular weight is 512 g/mol. The van der Waals surface area contributed by atoms with Crippen LogP contribution in [0.25, 0.3) is 0 Å². The standard InChI is InChI=1S/C28H34FN3O5/c1-17-14-32(28(35)21-7-5-6-8-23(21)29)18(2)16-37-24-12-11-20(30-26(33)19-9-10-19)13-22(24)27(34)31(3)15-25(17)36-4/h5-8,11-13,17-19,25H,9-10,14-16H2,1-4H3,(H,30,33)/t17-,18+,25+/m1/s1. The molecule has 9 heteroatoms. The van der Waals surface area contributed by atoms with E-state index in [-0.39, 0.29) is 55.0 Å². The van der Waals surface area contributed by atoms with E-state index in [1.165, 1.54) is 12.1 Å². The molecule has 37 heavy (non-hydrogen) atoms. The number of amides is 3. The molecule has 1 aliphatic heterocycles. The predicted molar refractivity (Wildman–Crippen MR) is 137 cm³/mol. The van der Waals surface area contributed by atoms with Crippen LogP contribution in [0.5, 0.6) is 5.75 Å². The number of nitrogens with one attached hydrogen (secondary N) is 1. The Morgan fingerprint density at radius 2 is 1.84 bits per heavy atom. The van der Waals surface area contributed by atoms with Crippen molar-refractivity contribution in [2.45, 2.75) is 38.8 Å². The van der Waals surface area contributed by atoms with E-state index in [1.807, 2.05) is 13.8 Å². The van der Waals surface area contributed by atoms with Gasteiger partial charge in [0.1, 0.15) is 18.2 Å². The SMILES string of the molecule is CO[C@H]1CN(C)C(=O)c2cc(NC(=O)C3CC3)ccc2OC[C@H](C)N(C(=O)c2ccccc2F)C[C@H]1C. The maximum absolute atomic E-state index is 14.5. The van der Waals surface area contributed by atoms with Gasteiger partial charge in [-0.1, -0.05) is 19.1 Å². The number of hydrogen-bond acceptors (Lipinski definition) is 5. The Labute approximate surface area is 216 Å². The first kappa shape index (κ1) is 26.6. The van der Waals surface area contributed by atoms with Crippen LogP contribution in [0.15, 0.2) is 42.5 Å². The van der Waals surface area contributed by atoms with Gasteiger partial charge in [0.2, 0.25) is 5.91 Å². The molecule has 0 radical (unpaired) electrons. The van der Waals surface area contributed by atoms with Crippen molar-refractivity contribution >= 4 is 23.4 Å². The first-order valence-corrected chi connectivity index (χ1v) is 12.6. The molecule has 1 aliphatic carbocycles. The highest BCUT2D eigenvalue weighted by Gasteiger charge is 2.32. The van der Waals surface area contributed by atoms with E-state index >= 15 is 0 Å². The zero-order valence-corrected chi connectivity index (χ0v) is 21.7. The molecule has 3 amide bonds. The summed E-state index contributed by atoms with van der Waals surface area (Å²) >= 11 is 0. The molecule has 1 saturated carbocycles. The monoisotopic (exact) mass is 511 g/mol. The smallest absolute Gasteiger partial charge is 0.257 e. The van der Waals surface area contributed by atoms with E-state index in [0.29, 0.717) is 17.0 Å². The van der Waals surface area contributed by atoms with Crippen molar-refractivity contribution in [2.24, 2.45) is 11.8 Å². The maximum atomic E-state index is 14.5. The van der Waals surface area contributed by atoms with Crippen LogP contribution in [0.3, 0.4) is 0 Å². The second-order valence-corrected chi connectivity index (χ2v) is 10.0. The second-order valence-electron chi connectivity index (χ2n) is 10.0. The van der Waals surface area contributed by atoms with Gasteiger partial charge in [-0.15, -0.1) is 0 Å². The van der Waals surface area contributed by atoms with Gasteiger partial charge in [-0.2, -0.15) is 0 Å². The van der Waals surface area contributed by atoms with Crippen LogP contribution < -0.4 is 10.1 Å². The van der Waals surface area contributed by atoms with Crippen molar-refractivity contribution in [1.29, 1.82) is 0 Å². The van der Waals surface area contributed by atoms with Crippen molar-refractivity contribution in [3.8, 4) is 5.75 Å². The minimum atomic E-state index is -0.584. The molecule has 1 fully saturated rings. The average Bonchev–Trinajstić information content (AvgIpc) is 3.74. The fraction of sp³-hybridized carbons (Fsp3) is 0.464. The number of ether oxygens (including phenoxy) is 2. The minimum absolute atomic E-state index is 0.00801. The molecule has 2 aromatic carbocycles. The third kappa shape index (κ3) is 6.10. The molecular formula is C28H34FN3O5. The number of anilines is 1. The van der Waals surface area contributed by atoms with Gasteiger partial charge in [0.25, 0.3) is 11.8 Å². The largest absolute Gasteiger partial charge is 0.491 e. The van der Waals surface area contributed by atoms with Crippen molar-refractivity contribution < 1.29 is 28.2 Å². The summed E-state index contributed by atoms with van der Waals surface area (Å²) in [5.74, 6) is -1.14. The number of methoxy groups -OCH3 is 1. The topological polar surface area (TPSA) is 88.2 Å². The van der Waals surface area contributed by atoms with Crippen molar-refractivity contribution in [2.75, 3.05) is 39.2 Å². The summed E-state index contributed by atoms with van der Waals surface area (Å²) in [6, 6.07) is 10.5. The Kier molecular flexibility index (Phi) is 8.12. The third-order valence-corrected chi connectivity index (χ3v) is 7.03. The molecule has 0 spiro atoms.